The minimum atomic E-state index is -1.71. The average Bonchev–Trinajstić information content (AvgIpc) is 2.47. The summed E-state index contributed by atoms with van der Waals surface area (Å²) in [6.07, 6.45) is 6.44. The van der Waals surface area contributed by atoms with Gasteiger partial charge in [0.05, 0.1) is 0 Å². The van der Waals surface area contributed by atoms with E-state index in [0.717, 1.165) is 12.5 Å². The Kier molecular flexibility index (Phi) is 7.38. The lowest BCUT2D eigenvalue weighted by Crippen LogP contribution is -2.43. The molecule has 0 spiro atoms. The Morgan fingerprint density at radius 2 is 1.57 bits per heavy atom. The fraction of sp³-hybridized carbons (Fsp3) is 1.00. The van der Waals surface area contributed by atoms with Crippen LogP contribution >= 0.6 is 0 Å². The van der Waals surface area contributed by atoms with Gasteiger partial charge in [0.2, 0.25) is 0 Å². The van der Waals surface area contributed by atoms with Crippen molar-refractivity contribution in [3.8, 4) is 0 Å². The number of hydrogen-bond acceptors (Lipinski definition) is 2. The fourth-order valence-corrected chi connectivity index (χ4v) is 4.59. The third-order valence-corrected chi connectivity index (χ3v) is 11.7. The van der Waals surface area contributed by atoms with Crippen LogP contribution in [0.15, 0.2) is 0 Å². The topological polar surface area (TPSA) is 29.5 Å². The van der Waals surface area contributed by atoms with Gasteiger partial charge in [0, 0.05) is 19.1 Å². The van der Waals surface area contributed by atoms with Crippen molar-refractivity contribution in [3.63, 3.8) is 0 Å². The molecule has 2 nitrogen and oxygen atoms in total. The molecule has 0 aromatic heterocycles. The Hall–Kier alpha value is 0.137. The maximum Gasteiger partial charge on any atom is 0.191 e. The minimum absolute atomic E-state index is 0.246. The Balaban J connectivity index is 2.55. The Morgan fingerprint density at radius 1 is 1.04 bits per heavy atom. The second-order valence-electron chi connectivity index (χ2n) is 9.97. The van der Waals surface area contributed by atoms with Crippen LogP contribution in [-0.4, -0.2) is 26.6 Å². The van der Waals surface area contributed by atoms with Gasteiger partial charge >= 0.3 is 0 Å². The third-order valence-electron chi connectivity index (χ3n) is 7.15. The molecule has 1 unspecified atom stereocenters. The van der Waals surface area contributed by atoms with Gasteiger partial charge in [-0.1, -0.05) is 48.0 Å². The zero-order chi connectivity index (χ0) is 17.9. The monoisotopic (exact) mass is 342 g/mol. The second kappa shape index (κ2) is 8.01. The molecule has 0 amide bonds. The first-order chi connectivity index (χ1) is 10.4. The predicted octanol–water partition coefficient (Wildman–Crippen LogP) is 5.86. The van der Waals surface area contributed by atoms with Crippen LogP contribution in [0.3, 0.4) is 0 Å². The summed E-state index contributed by atoms with van der Waals surface area (Å²) >= 11 is 0. The molecule has 0 radical (unpaired) electrons. The highest BCUT2D eigenvalue weighted by atomic mass is 28.4. The lowest BCUT2D eigenvalue weighted by Gasteiger charge is -2.42. The molecule has 0 aromatic rings. The van der Waals surface area contributed by atoms with E-state index in [1.54, 1.807) is 0 Å². The SMILES string of the molecule is CCC(C)(C)C1CCC(C(CO)CO[Si](C)(C)C(C)(C)C)CC1. The molecule has 1 fully saturated rings. The van der Waals surface area contributed by atoms with E-state index in [4.69, 9.17) is 4.43 Å². The van der Waals surface area contributed by atoms with Crippen molar-refractivity contribution < 1.29 is 9.53 Å². The third kappa shape index (κ3) is 5.57. The first-order valence-electron chi connectivity index (χ1n) is 9.69. The summed E-state index contributed by atoms with van der Waals surface area (Å²) in [5.41, 5.74) is 0.470. The molecule has 1 saturated carbocycles. The molecule has 1 atom stereocenters. The van der Waals surface area contributed by atoms with E-state index >= 15 is 0 Å². The zero-order valence-corrected chi connectivity index (χ0v) is 18.0. The molecule has 3 heteroatoms. The van der Waals surface area contributed by atoms with Crippen LogP contribution < -0.4 is 0 Å². The van der Waals surface area contributed by atoms with E-state index in [2.05, 4.69) is 54.6 Å². The molecule has 0 aliphatic heterocycles. The molecule has 1 aliphatic carbocycles. The van der Waals surface area contributed by atoms with E-state index in [0.29, 0.717) is 17.3 Å². The van der Waals surface area contributed by atoms with Crippen LogP contribution in [0.1, 0.15) is 73.6 Å². The summed E-state index contributed by atoms with van der Waals surface area (Å²) in [5.74, 6) is 1.83. The molecule has 0 saturated heterocycles. The molecule has 1 rings (SSSR count). The first-order valence-corrected chi connectivity index (χ1v) is 12.6. The maximum absolute atomic E-state index is 9.89. The largest absolute Gasteiger partial charge is 0.416 e. The standard InChI is InChI=1S/C20H42O2Si/c1-9-20(5,6)18-12-10-16(11-13-18)17(14-21)15-22-23(7,8)19(2,3)4/h16-18,21H,9-15H2,1-8H3. The highest BCUT2D eigenvalue weighted by molar-refractivity contribution is 6.74. The van der Waals surface area contributed by atoms with E-state index in [-0.39, 0.29) is 11.6 Å². The van der Waals surface area contributed by atoms with Gasteiger partial charge in [-0.15, -0.1) is 0 Å². The quantitative estimate of drug-likeness (QED) is 0.587. The van der Waals surface area contributed by atoms with Crippen LogP contribution in [-0.2, 0) is 4.43 Å². The summed E-state index contributed by atoms with van der Waals surface area (Å²) < 4.78 is 6.39. The molecule has 23 heavy (non-hydrogen) atoms. The predicted molar refractivity (Wildman–Crippen MR) is 103 cm³/mol. The van der Waals surface area contributed by atoms with E-state index in [1.807, 2.05) is 0 Å². The van der Waals surface area contributed by atoms with Crippen molar-refractivity contribution in [3.05, 3.63) is 0 Å². The van der Waals surface area contributed by atoms with Crippen molar-refractivity contribution in [1.82, 2.24) is 0 Å². The number of aliphatic hydroxyl groups is 1. The smallest absolute Gasteiger partial charge is 0.191 e. The normalized spacial score (nSPS) is 25.4. The molecule has 0 bridgehead atoms. The van der Waals surface area contributed by atoms with E-state index in [1.165, 1.54) is 32.1 Å². The molecule has 0 heterocycles. The summed E-state index contributed by atoms with van der Waals surface area (Å²) in [4.78, 5) is 0. The van der Waals surface area contributed by atoms with Crippen molar-refractivity contribution in [2.75, 3.05) is 13.2 Å². The van der Waals surface area contributed by atoms with Gasteiger partial charge in [0.1, 0.15) is 0 Å². The first kappa shape index (κ1) is 21.2. The lowest BCUT2D eigenvalue weighted by atomic mass is 9.66. The van der Waals surface area contributed by atoms with Crippen molar-refractivity contribution in [1.29, 1.82) is 0 Å². The lowest BCUT2D eigenvalue weighted by molar-refractivity contribution is 0.0584. The summed E-state index contributed by atoms with van der Waals surface area (Å²) in [6, 6.07) is 0. The number of rotatable bonds is 7. The molecular formula is C20H42O2Si. The van der Waals surface area contributed by atoms with E-state index < -0.39 is 8.32 Å². The average molecular weight is 343 g/mol. The number of hydrogen-bond donors (Lipinski definition) is 1. The maximum atomic E-state index is 9.89. The van der Waals surface area contributed by atoms with E-state index in [9.17, 15) is 5.11 Å². The van der Waals surface area contributed by atoms with Gasteiger partial charge in [0.15, 0.2) is 8.32 Å². The second-order valence-corrected chi connectivity index (χ2v) is 14.8. The van der Waals surface area contributed by atoms with Crippen LogP contribution in [0, 0.1) is 23.2 Å². The number of aliphatic hydroxyl groups excluding tert-OH is 1. The van der Waals surface area contributed by atoms with Gasteiger partial charge in [-0.25, -0.2) is 0 Å². The highest BCUT2D eigenvalue weighted by Crippen LogP contribution is 2.44. The molecule has 1 N–H and O–H groups in total. The Bertz CT molecular complexity index is 349. The van der Waals surface area contributed by atoms with Crippen molar-refractivity contribution in [2.45, 2.75) is 91.8 Å². The molecule has 138 valence electrons. The van der Waals surface area contributed by atoms with Crippen molar-refractivity contribution in [2.24, 2.45) is 23.2 Å². The van der Waals surface area contributed by atoms with Crippen LogP contribution in [0.5, 0.6) is 0 Å². The van der Waals surface area contributed by atoms with Gasteiger partial charge in [0.25, 0.3) is 0 Å². The zero-order valence-electron chi connectivity index (χ0n) is 17.0. The Morgan fingerprint density at radius 3 is 1.96 bits per heavy atom. The van der Waals surface area contributed by atoms with Crippen LogP contribution in [0.2, 0.25) is 18.1 Å². The van der Waals surface area contributed by atoms with Crippen LogP contribution in [0.25, 0.3) is 0 Å². The van der Waals surface area contributed by atoms with Gasteiger partial charge in [-0.3, -0.25) is 0 Å². The van der Waals surface area contributed by atoms with Gasteiger partial charge < -0.3 is 9.53 Å². The molecule has 1 aliphatic rings. The fourth-order valence-electron chi connectivity index (χ4n) is 3.53. The Labute approximate surface area is 146 Å². The summed E-state index contributed by atoms with van der Waals surface area (Å²) in [6.45, 7) is 19.6. The summed E-state index contributed by atoms with van der Waals surface area (Å²) in [7, 11) is -1.71. The minimum Gasteiger partial charge on any atom is -0.416 e. The van der Waals surface area contributed by atoms with Gasteiger partial charge in [-0.2, -0.15) is 0 Å². The molecular weight excluding hydrogens is 300 g/mol. The molecule has 0 aromatic carbocycles. The van der Waals surface area contributed by atoms with Crippen molar-refractivity contribution >= 4 is 8.32 Å². The highest BCUT2D eigenvalue weighted by Gasteiger charge is 2.39. The summed E-state index contributed by atoms with van der Waals surface area (Å²) in [5, 5.41) is 10.1. The van der Waals surface area contributed by atoms with Crippen LogP contribution in [0.4, 0.5) is 0 Å². The van der Waals surface area contributed by atoms with Gasteiger partial charge in [-0.05, 0) is 61.1 Å².